The van der Waals surface area contributed by atoms with Gasteiger partial charge in [0.15, 0.2) is 0 Å². The molecule has 1 aliphatic heterocycles. The molecule has 2 aromatic heterocycles. The summed E-state index contributed by atoms with van der Waals surface area (Å²) in [5.74, 6) is -0.141. The Balaban J connectivity index is 1.84. The van der Waals surface area contributed by atoms with Crippen LogP contribution in [0.1, 0.15) is 35.0 Å². The molecule has 1 amide bonds. The van der Waals surface area contributed by atoms with E-state index in [1.54, 1.807) is 6.20 Å². The molecule has 1 aliphatic rings. The second-order valence-corrected chi connectivity index (χ2v) is 6.47. The van der Waals surface area contributed by atoms with Crippen LogP contribution in [0.25, 0.3) is 10.2 Å². The van der Waals surface area contributed by atoms with Crippen LogP contribution >= 0.6 is 11.3 Å². The van der Waals surface area contributed by atoms with Crippen molar-refractivity contribution in [1.29, 1.82) is 0 Å². The number of carbonyl (C=O) groups excluding carboxylic acids is 1. The second kappa shape index (κ2) is 5.61. The Kier molecular flexibility index (Phi) is 3.82. The Morgan fingerprint density at radius 3 is 3.10 bits per heavy atom. The van der Waals surface area contributed by atoms with Crippen molar-refractivity contribution in [2.24, 2.45) is 0 Å². The van der Waals surface area contributed by atoms with Crippen molar-refractivity contribution in [3.63, 3.8) is 0 Å². The molecule has 0 bridgehead atoms. The molecule has 5 nitrogen and oxygen atoms in total. The van der Waals surface area contributed by atoms with Gasteiger partial charge in [-0.2, -0.15) is 0 Å². The lowest BCUT2D eigenvalue weighted by molar-refractivity contribution is 0.0715. The SMILES string of the molecule is Cc1ccnc2sc(C(=O)NC(C)C3CCCO3)c(N)c12. The molecular weight excluding hydrogens is 286 g/mol. The van der Waals surface area contributed by atoms with E-state index in [1.807, 2.05) is 19.9 Å². The molecule has 21 heavy (non-hydrogen) atoms. The summed E-state index contributed by atoms with van der Waals surface area (Å²) in [6, 6.07) is 1.89. The Hall–Kier alpha value is -1.66. The van der Waals surface area contributed by atoms with E-state index in [-0.39, 0.29) is 18.1 Å². The summed E-state index contributed by atoms with van der Waals surface area (Å²) in [4.78, 5) is 18.1. The van der Waals surface area contributed by atoms with E-state index >= 15 is 0 Å². The van der Waals surface area contributed by atoms with Crippen molar-refractivity contribution in [2.75, 3.05) is 12.3 Å². The zero-order valence-electron chi connectivity index (χ0n) is 12.2. The number of amides is 1. The minimum Gasteiger partial charge on any atom is -0.397 e. The van der Waals surface area contributed by atoms with Gasteiger partial charge < -0.3 is 15.8 Å². The molecule has 3 heterocycles. The number of ether oxygens (including phenoxy) is 1. The Bertz CT molecular complexity index is 677. The van der Waals surface area contributed by atoms with Gasteiger partial charge in [0.25, 0.3) is 5.91 Å². The number of nitrogen functional groups attached to an aromatic ring is 1. The number of rotatable bonds is 3. The van der Waals surface area contributed by atoms with Crippen LogP contribution in [0.15, 0.2) is 12.3 Å². The number of nitrogens with zero attached hydrogens (tertiary/aromatic N) is 1. The van der Waals surface area contributed by atoms with Crippen molar-refractivity contribution < 1.29 is 9.53 Å². The number of anilines is 1. The first-order valence-corrected chi connectivity index (χ1v) is 7.95. The van der Waals surface area contributed by atoms with Gasteiger partial charge in [-0.05, 0) is 38.3 Å². The van der Waals surface area contributed by atoms with E-state index in [0.29, 0.717) is 10.6 Å². The molecule has 1 fully saturated rings. The zero-order chi connectivity index (χ0) is 15.0. The van der Waals surface area contributed by atoms with Crippen LogP contribution in [0.5, 0.6) is 0 Å². The van der Waals surface area contributed by atoms with Gasteiger partial charge in [0, 0.05) is 18.2 Å². The van der Waals surface area contributed by atoms with E-state index in [1.165, 1.54) is 11.3 Å². The minimum atomic E-state index is -0.141. The molecule has 2 aromatic rings. The lowest BCUT2D eigenvalue weighted by Gasteiger charge is -2.19. The maximum Gasteiger partial charge on any atom is 0.263 e. The molecule has 1 saturated heterocycles. The molecule has 2 atom stereocenters. The Morgan fingerprint density at radius 1 is 1.62 bits per heavy atom. The van der Waals surface area contributed by atoms with Gasteiger partial charge in [0.2, 0.25) is 0 Å². The maximum absolute atomic E-state index is 12.4. The summed E-state index contributed by atoms with van der Waals surface area (Å²) in [6.45, 7) is 4.73. The molecule has 0 saturated carbocycles. The molecule has 0 aliphatic carbocycles. The van der Waals surface area contributed by atoms with Crippen LogP contribution in [0.4, 0.5) is 5.69 Å². The standard InChI is InChI=1S/C15H19N3O2S/c1-8-5-6-17-15-11(8)12(16)13(21-15)14(19)18-9(2)10-4-3-7-20-10/h5-6,9-10H,3-4,7,16H2,1-2H3,(H,18,19). The third kappa shape index (κ3) is 2.61. The molecule has 2 unspecified atom stereocenters. The number of aromatic nitrogens is 1. The smallest absolute Gasteiger partial charge is 0.263 e. The number of hydrogen-bond donors (Lipinski definition) is 2. The van der Waals surface area contributed by atoms with Gasteiger partial charge in [-0.25, -0.2) is 4.98 Å². The predicted octanol–water partition coefficient (Wildman–Crippen LogP) is 2.48. The van der Waals surface area contributed by atoms with Crippen LogP contribution in [-0.4, -0.2) is 29.6 Å². The molecule has 0 spiro atoms. The van der Waals surface area contributed by atoms with Gasteiger partial charge in [-0.3, -0.25) is 4.79 Å². The summed E-state index contributed by atoms with van der Waals surface area (Å²) in [5, 5.41) is 3.88. The topological polar surface area (TPSA) is 77.2 Å². The lowest BCUT2D eigenvalue weighted by atomic mass is 10.1. The Morgan fingerprint density at radius 2 is 2.43 bits per heavy atom. The highest BCUT2D eigenvalue weighted by atomic mass is 32.1. The van der Waals surface area contributed by atoms with E-state index < -0.39 is 0 Å². The minimum absolute atomic E-state index is 0.0151. The van der Waals surface area contributed by atoms with Crippen molar-refractivity contribution in [2.45, 2.75) is 38.8 Å². The number of carbonyl (C=O) groups is 1. The molecule has 0 aromatic carbocycles. The third-order valence-corrected chi connectivity index (χ3v) is 5.04. The highest BCUT2D eigenvalue weighted by Gasteiger charge is 2.26. The molecule has 6 heteroatoms. The van der Waals surface area contributed by atoms with Crippen LogP contribution in [0.3, 0.4) is 0 Å². The summed E-state index contributed by atoms with van der Waals surface area (Å²) >= 11 is 1.34. The number of nitrogens with one attached hydrogen (secondary N) is 1. The summed E-state index contributed by atoms with van der Waals surface area (Å²) < 4.78 is 5.60. The van der Waals surface area contributed by atoms with E-state index in [2.05, 4.69) is 10.3 Å². The molecule has 3 rings (SSSR count). The first-order chi connectivity index (χ1) is 10.1. The Labute approximate surface area is 127 Å². The first-order valence-electron chi connectivity index (χ1n) is 7.14. The summed E-state index contributed by atoms with van der Waals surface area (Å²) in [5.41, 5.74) is 7.72. The van der Waals surface area contributed by atoms with Crippen LogP contribution in [-0.2, 0) is 4.74 Å². The van der Waals surface area contributed by atoms with E-state index in [4.69, 9.17) is 10.5 Å². The van der Waals surface area contributed by atoms with Crippen molar-refractivity contribution in [1.82, 2.24) is 10.3 Å². The van der Waals surface area contributed by atoms with Gasteiger partial charge in [0.05, 0.1) is 17.8 Å². The second-order valence-electron chi connectivity index (χ2n) is 5.47. The van der Waals surface area contributed by atoms with Crippen LogP contribution < -0.4 is 11.1 Å². The predicted molar refractivity (Wildman–Crippen MR) is 84.7 cm³/mol. The average molecular weight is 305 g/mol. The van der Waals surface area contributed by atoms with Crippen molar-refractivity contribution in [3.05, 3.63) is 22.7 Å². The third-order valence-electron chi connectivity index (χ3n) is 3.92. The fourth-order valence-corrected chi connectivity index (χ4v) is 3.78. The molecular formula is C15H19N3O2S. The van der Waals surface area contributed by atoms with Gasteiger partial charge in [-0.15, -0.1) is 11.3 Å². The monoisotopic (exact) mass is 305 g/mol. The summed E-state index contributed by atoms with van der Waals surface area (Å²) in [6.07, 6.45) is 3.89. The number of thiophene rings is 1. The normalized spacial score (nSPS) is 19.8. The number of pyridine rings is 1. The maximum atomic E-state index is 12.4. The quantitative estimate of drug-likeness (QED) is 0.913. The van der Waals surface area contributed by atoms with Gasteiger partial charge in [0.1, 0.15) is 9.71 Å². The van der Waals surface area contributed by atoms with Crippen molar-refractivity contribution in [3.8, 4) is 0 Å². The first kappa shape index (κ1) is 14.3. The number of fused-ring (bicyclic) bond motifs is 1. The number of nitrogens with two attached hydrogens (primary N) is 1. The fraction of sp³-hybridized carbons (Fsp3) is 0.467. The fourth-order valence-electron chi connectivity index (χ4n) is 2.73. The zero-order valence-corrected chi connectivity index (χ0v) is 13.0. The van der Waals surface area contributed by atoms with Crippen molar-refractivity contribution >= 4 is 33.1 Å². The van der Waals surface area contributed by atoms with Crippen LogP contribution in [0.2, 0.25) is 0 Å². The lowest BCUT2D eigenvalue weighted by Crippen LogP contribution is -2.40. The molecule has 112 valence electrons. The van der Waals surface area contributed by atoms with E-state index in [0.717, 1.165) is 35.2 Å². The average Bonchev–Trinajstić information content (AvgIpc) is 3.07. The largest absolute Gasteiger partial charge is 0.397 e. The number of hydrogen-bond acceptors (Lipinski definition) is 5. The van der Waals surface area contributed by atoms with E-state index in [9.17, 15) is 4.79 Å². The molecule has 0 radical (unpaired) electrons. The molecule has 3 N–H and O–H groups in total. The van der Waals surface area contributed by atoms with Gasteiger partial charge in [-0.1, -0.05) is 0 Å². The van der Waals surface area contributed by atoms with Gasteiger partial charge >= 0.3 is 0 Å². The summed E-state index contributed by atoms with van der Waals surface area (Å²) in [7, 11) is 0. The highest BCUT2D eigenvalue weighted by molar-refractivity contribution is 7.21. The highest BCUT2D eigenvalue weighted by Crippen LogP contribution is 2.34. The van der Waals surface area contributed by atoms with Crippen LogP contribution in [0, 0.1) is 6.92 Å². The number of aryl methyl sites for hydroxylation is 1.